The van der Waals surface area contributed by atoms with Crippen LogP contribution in [0.1, 0.15) is 22.3 Å². The lowest BCUT2D eigenvalue weighted by atomic mass is 11.6. The predicted molar refractivity (Wildman–Crippen MR) is 30.4 cm³/mol. The molecule has 0 aromatic carbocycles. The van der Waals surface area contributed by atoms with Crippen molar-refractivity contribution in [2.24, 2.45) is 0 Å². The summed E-state index contributed by atoms with van der Waals surface area (Å²) in [6.45, 7) is 0. The van der Waals surface area contributed by atoms with Gasteiger partial charge in [0.25, 0.3) is 0 Å². The molecule has 0 aliphatic heterocycles. The summed E-state index contributed by atoms with van der Waals surface area (Å²) in [5, 5.41) is 0. The van der Waals surface area contributed by atoms with E-state index in [-0.39, 0.29) is 22.3 Å². The smallest absolute Gasteiger partial charge is 0.0776 e. The van der Waals surface area contributed by atoms with E-state index < -0.39 is 0 Å². The molecule has 0 aliphatic carbocycles. The summed E-state index contributed by atoms with van der Waals surface area (Å²) in [5.41, 5.74) is 5.75. The molecule has 0 spiro atoms. The minimum Gasteiger partial charge on any atom is -0.680 e. The van der Waals surface area contributed by atoms with Gasteiger partial charge in [0.1, 0.15) is 0 Å². The van der Waals surface area contributed by atoms with E-state index in [2.05, 4.69) is 0 Å². The Bertz CT molecular complexity index is 3.61. The molecule has 0 aliphatic rings. The second-order valence-electron chi connectivity index (χ2n) is 0. The second kappa shape index (κ2) is 21700. The minimum absolute atomic E-state index is 0. The van der Waals surface area contributed by atoms with E-state index in [9.17, 15) is 0 Å². The second-order valence-corrected chi connectivity index (χ2v) is 0. The average molecular weight is 78.2 g/mol. The maximum absolute atomic E-state index is 5.75. The van der Waals surface area contributed by atoms with Crippen LogP contribution < -0.4 is 0 Å². The van der Waals surface area contributed by atoms with Crippen molar-refractivity contribution in [3.05, 3.63) is 5.73 Å². The lowest BCUT2D eigenvalue weighted by Crippen LogP contribution is -0.987. The van der Waals surface area contributed by atoms with Crippen molar-refractivity contribution >= 4 is 0 Å². The highest BCUT2D eigenvalue weighted by molar-refractivity contribution is 4.10. The van der Waals surface area contributed by atoms with E-state index in [4.69, 9.17) is 5.73 Å². The first kappa shape index (κ1) is 84.4. The molecule has 1 nitrogen and oxygen atoms in total. The zero-order valence-electron chi connectivity index (χ0n) is 1.50. The van der Waals surface area contributed by atoms with Gasteiger partial charge in [0, 0.05) is 0 Å². The fraction of sp³-hybridized carbons (Fsp3) is 1.00. The van der Waals surface area contributed by atoms with Crippen LogP contribution in [0.25, 0.3) is 5.73 Å². The Labute approximate surface area is 36.2 Å². The van der Waals surface area contributed by atoms with Crippen molar-refractivity contribution in [3.63, 3.8) is 0 Å². The average Bonchev–Trinajstić information content (AvgIpc) is 1.00. The number of hydrogen-bond acceptors (Lipinski definition) is 0. The molecule has 0 aromatic rings. The summed E-state index contributed by atoms with van der Waals surface area (Å²) in [6.07, 6.45) is 0. The van der Waals surface area contributed by atoms with E-state index in [1.165, 1.54) is 7.05 Å². The van der Waals surface area contributed by atoms with E-state index in [1.807, 2.05) is 0 Å². The predicted octanol–water partition coefficient (Wildman–Crippen LogP) is 2.58. The topological polar surface area (TPSA) is 23.8 Å². The summed E-state index contributed by atoms with van der Waals surface area (Å²) in [5.74, 6) is 0. The van der Waals surface area contributed by atoms with E-state index in [0.29, 0.717) is 0 Å². The first-order valence-electron chi connectivity index (χ1n) is 0.500. The van der Waals surface area contributed by atoms with Gasteiger partial charge in [-0.15, -0.1) is 0 Å². The van der Waals surface area contributed by atoms with Gasteiger partial charge in [-0.2, -0.15) is 7.05 Å². The van der Waals surface area contributed by atoms with Gasteiger partial charge in [0.05, 0.1) is 0 Å². The van der Waals surface area contributed by atoms with E-state index >= 15 is 0 Å². The third-order valence-electron chi connectivity index (χ3n) is 0. The van der Waals surface area contributed by atoms with Gasteiger partial charge in [0.15, 0.2) is 0 Å². The van der Waals surface area contributed by atoms with Gasteiger partial charge < -0.3 is 5.73 Å². The van der Waals surface area contributed by atoms with Crippen LogP contribution in [0.4, 0.5) is 0 Å². The Kier molecular flexibility index (Phi) is 366000. The van der Waals surface area contributed by atoms with Gasteiger partial charge in [0.2, 0.25) is 0 Å². The Hall–Kier alpha value is -0.0400. The summed E-state index contributed by atoms with van der Waals surface area (Å²) in [7, 11) is 1.25. The van der Waals surface area contributed by atoms with Crippen molar-refractivity contribution < 1.29 is 0 Å². The Morgan fingerprint density at radius 2 is 0.800 bits per heavy atom. The highest BCUT2D eigenvalue weighted by Crippen LogP contribution is 1.07. The van der Waals surface area contributed by atoms with Crippen molar-refractivity contribution in [1.82, 2.24) is 0 Å². The standard InChI is InChI=1S/CH4N.3CH4/c1-2;;;/h2H,1H3;3*1H4/q-1;;;. The van der Waals surface area contributed by atoms with Gasteiger partial charge in [-0.3, -0.25) is 0 Å². The number of hydrogen-bond donors (Lipinski definition) is 0. The summed E-state index contributed by atoms with van der Waals surface area (Å²) in [6, 6.07) is 0. The molecule has 0 fully saturated rings. The molecule has 0 saturated heterocycles. The molecular weight excluding hydrogens is 62.1 g/mol. The molecule has 0 radical (unpaired) electrons. The van der Waals surface area contributed by atoms with Crippen LogP contribution in [0.15, 0.2) is 0 Å². The minimum atomic E-state index is 0. The first-order chi connectivity index (χ1) is 1.00. The zero-order valence-corrected chi connectivity index (χ0v) is 1.50. The largest absolute Gasteiger partial charge is 0.680 e. The molecule has 0 heterocycles. The Balaban J connectivity index is -0.00000000167. The Morgan fingerprint density at radius 3 is 0.800 bits per heavy atom. The van der Waals surface area contributed by atoms with Crippen molar-refractivity contribution in [3.8, 4) is 0 Å². The van der Waals surface area contributed by atoms with Gasteiger partial charge >= 0.3 is 0 Å². The van der Waals surface area contributed by atoms with Crippen LogP contribution in [-0.2, 0) is 0 Å². The van der Waals surface area contributed by atoms with Crippen LogP contribution in [0.2, 0.25) is 0 Å². The zero-order chi connectivity index (χ0) is 2.00. The van der Waals surface area contributed by atoms with Gasteiger partial charge in [-0.05, 0) is 0 Å². The molecule has 0 unspecified atom stereocenters. The molecule has 0 amide bonds. The lowest BCUT2D eigenvalue weighted by molar-refractivity contribution is 2.01. The molecule has 0 atom stereocenters. The normalized spacial score (nSPS) is 1.20. The summed E-state index contributed by atoms with van der Waals surface area (Å²) in [4.78, 5) is 0. The highest BCUT2D eigenvalue weighted by atomic mass is 14.4. The summed E-state index contributed by atoms with van der Waals surface area (Å²) < 4.78 is 0. The maximum Gasteiger partial charge on any atom is -0.0776 e. The van der Waals surface area contributed by atoms with Gasteiger partial charge in [-0.25, -0.2) is 0 Å². The lowest BCUT2D eigenvalue weighted by Gasteiger charge is -1.45. The van der Waals surface area contributed by atoms with Gasteiger partial charge in [-0.1, -0.05) is 22.3 Å². The molecule has 1 N–H and O–H groups in total. The molecule has 0 rings (SSSR count). The Morgan fingerprint density at radius 1 is 0.800 bits per heavy atom. The molecule has 38 valence electrons. The van der Waals surface area contributed by atoms with Crippen molar-refractivity contribution in [2.45, 2.75) is 22.3 Å². The molecule has 0 bridgehead atoms. The fourth-order valence-corrected chi connectivity index (χ4v) is 0. The third kappa shape index (κ3) is 9510. The molecule has 5 heavy (non-hydrogen) atoms. The molecule has 1 heteroatoms. The van der Waals surface area contributed by atoms with Crippen LogP contribution in [-0.4, -0.2) is 7.05 Å². The van der Waals surface area contributed by atoms with Crippen LogP contribution in [0, 0.1) is 0 Å². The molecule has 0 aromatic heterocycles. The number of rotatable bonds is 0. The maximum atomic E-state index is 5.75. The molecule has 0 saturated carbocycles. The monoisotopic (exact) mass is 78.1 g/mol. The van der Waals surface area contributed by atoms with Crippen molar-refractivity contribution in [2.75, 3.05) is 7.05 Å². The van der Waals surface area contributed by atoms with E-state index in [0.717, 1.165) is 0 Å². The number of nitrogens with one attached hydrogen (secondary N) is 1. The van der Waals surface area contributed by atoms with Crippen LogP contribution >= 0.6 is 0 Å². The first-order valence-corrected chi connectivity index (χ1v) is 0.500. The third-order valence-corrected chi connectivity index (χ3v) is 0. The van der Waals surface area contributed by atoms with Crippen LogP contribution in [0.3, 0.4) is 0 Å². The quantitative estimate of drug-likeness (QED) is 0.425. The highest BCUT2D eigenvalue weighted by Gasteiger charge is 0.611. The van der Waals surface area contributed by atoms with Crippen LogP contribution in [0.5, 0.6) is 0 Å². The molecular formula is C4H16N-. The SMILES string of the molecule is C.C.C.C[NH-]. The van der Waals surface area contributed by atoms with E-state index in [1.54, 1.807) is 0 Å². The summed E-state index contributed by atoms with van der Waals surface area (Å²) >= 11 is 0. The van der Waals surface area contributed by atoms with Crippen molar-refractivity contribution in [1.29, 1.82) is 0 Å². The fourth-order valence-electron chi connectivity index (χ4n) is 0.